The van der Waals surface area contributed by atoms with Crippen LogP contribution in [-0.4, -0.2) is 16.2 Å². The molecule has 20 heavy (non-hydrogen) atoms. The normalized spacial score (nSPS) is 14.5. The molecule has 1 N–H and O–H groups in total. The minimum Gasteiger partial charge on any atom is -0.483 e. The molecule has 3 rings (SSSR count). The number of benzene rings is 1. The van der Waals surface area contributed by atoms with Gasteiger partial charge in [0, 0.05) is 29.5 Å². The van der Waals surface area contributed by atoms with Crippen molar-refractivity contribution in [2.75, 3.05) is 0 Å². The van der Waals surface area contributed by atoms with E-state index < -0.39 is 0 Å². The standard InChI is InChI=1S/C14H16BrN3O2/c1-9-17-18-14(20-9)8-19-13-5-2-11(15)6-10(13)7-16-12-3-4-12/h2,5-6,12,16H,3-4,7-8H2,1H3. The zero-order chi connectivity index (χ0) is 13.9. The number of hydrogen-bond donors (Lipinski definition) is 1. The summed E-state index contributed by atoms with van der Waals surface area (Å²) in [6.45, 7) is 2.86. The predicted molar refractivity (Wildman–Crippen MR) is 77.4 cm³/mol. The summed E-state index contributed by atoms with van der Waals surface area (Å²) in [6, 6.07) is 6.66. The SMILES string of the molecule is Cc1nnc(COc2ccc(Br)cc2CNC2CC2)o1. The summed E-state index contributed by atoms with van der Waals surface area (Å²) in [6.07, 6.45) is 2.54. The van der Waals surface area contributed by atoms with Gasteiger partial charge in [0.2, 0.25) is 5.89 Å². The van der Waals surface area contributed by atoms with Crippen LogP contribution in [0.25, 0.3) is 0 Å². The Hall–Kier alpha value is -1.40. The van der Waals surface area contributed by atoms with Crippen molar-refractivity contribution in [3.63, 3.8) is 0 Å². The van der Waals surface area contributed by atoms with Gasteiger partial charge in [0.05, 0.1) is 0 Å². The van der Waals surface area contributed by atoms with Crippen LogP contribution in [0, 0.1) is 6.92 Å². The number of aryl methyl sites for hydroxylation is 1. The molecule has 0 atom stereocenters. The first-order valence-corrected chi connectivity index (χ1v) is 7.43. The first-order chi connectivity index (χ1) is 9.70. The van der Waals surface area contributed by atoms with Crippen molar-refractivity contribution in [2.45, 2.75) is 39.0 Å². The molecule has 1 fully saturated rings. The highest BCUT2D eigenvalue weighted by atomic mass is 79.9. The fraction of sp³-hybridized carbons (Fsp3) is 0.429. The van der Waals surface area contributed by atoms with Gasteiger partial charge >= 0.3 is 0 Å². The van der Waals surface area contributed by atoms with Gasteiger partial charge in [-0.25, -0.2) is 0 Å². The molecule has 1 aliphatic carbocycles. The zero-order valence-electron chi connectivity index (χ0n) is 11.2. The summed E-state index contributed by atoms with van der Waals surface area (Å²) in [5.41, 5.74) is 1.13. The fourth-order valence-corrected chi connectivity index (χ4v) is 2.31. The van der Waals surface area contributed by atoms with E-state index in [-0.39, 0.29) is 0 Å². The van der Waals surface area contributed by atoms with Crippen LogP contribution < -0.4 is 10.1 Å². The molecule has 6 heteroatoms. The average Bonchev–Trinajstić information content (AvgIpc) is 3.17. The lowest BCUT2D eigenvalue weighted by Gasteiger charge is -2.11. The van der Waals surface area contributed by atoms with E-state index in [1.165, 1.54) is 12.8 Å². The molecular formula is C14H16BrN3O2. The summed E-state index contributed by atoms with van der Waals surface area (Å²) in [5, 5.41) is 11.2. The van der Waals surface area contributed by atoms with Gasteiger partial charge in [-0.2, -0.15) is 0 Å². The number of ether oxygens (including phenoxy) is 1. The number of nitrogens with zero attached hydrogens (tertiary/aromatic N) is 2. The Bertz CT molecular complexity index is 596. The quantitative estimate of drug-likeness (QED) is 0.877. The predicted octanol–water partition coefficient (Wildman–Crippen LogP) is 2.97. The first kappa shape index (κ1) is 13.6. The topological polar surface area (TPSA) is 60.2 Å². The van der Waals surface area contributed by atoms with Crippen LogP contribution in [0.15, 0.2) is 27.1 Å². The van der Waals surface area contributed by atoms with Crippen molar-refractivity contribution in [3.8, 4) is 5.75 Å². The first-order valence-electron chi connectivity index (χ1n) is 6.64. The van der Waals surface area contributed by atoms with Crippen molar-refractivity contribution in [1.82, 2.24) is 15.5 Å². The molecule has 5 nitrogen and oxygen atoms in total. The molecule has 1 aromatic carbocycles. The van der Waals surface area contributed by atoms with Gasteiger partial charge in [0.25, 0.3) is 5.89 Å². The Kier molecular flexibility index (Phi) is 4.03. The van der Waals surface area contributed by atoms with Gasteiger partial charge in [-0.15, -0.1) is 10.2 Å². The second-order valence-corrected chi connectivity index (χ2v) is 5.83. The molecule has 106 valence electrons. The molecule has 1 saturated carbocycles. The van der Waals surface area contributed by atoms with Crippen LogP contribution in [0.3, 0.4) is 0 Å². The van der Waals surface area contributed by atoms with E-state index in [1.807, 2.05) is 12.1 Å². The van der Waals surface area contributed by atoms with Crippen LogP contribution >= 0.6 is 15.9 Å². The Morgan fingerprint density at radius 2 is 2.25 bits per heavy atom. The number of hydrogen-bond acceptors (Lipinski definition) is 5. The maximum atomic E-state index is 5.79. The summed E-state index contributed by atoms with van der Waals surface area (Å²) < 4.78 is 12.1. The van der Waals surface area contributed by atoms with Crippen molar-refractivity contribution in [1.29, 1.82) is 0 Å². The summed E-state index contributed by atoms with van der Waals surface area (Å²) in [7, 11) is 0. The highest BCUT2D eigenvalue weighted by Crippen LogP contribution is 2.26. The Labute approximate surface area is 125 Å². The van der Waals surface area contributed by atoms with Crippen LogP contribution in [-0.2, 0) is 13.2 Å². The van der Waals surface area contributed by atoms with Gasteiger partial charge in [-0.1, -0.05) is 15.9 Å². The molecule has 2 aromatic rings. The third-order valence-electron chi connectivity index (χ3n) is 3.10. The molecule has 1 aliphatic rings. The number of aromatic nitrogens is 2. The number of halogens is 1. The van der Waals surface area contributed by atoms with E-state index in [4.69, 9.17) is 9.15 Å². The zero-order valence-corrected chi connectivity index (χ0v) is 12.8. The second-order valence-electron chi connectivity index (χ2n) is 4.91. The highest BCUT2D eigenvalue weighted by molar-refractivity contribution is 9.10. The van der Waals surface area contributed by atoms with Crippen LogP contribution in [0.4, 0.5) is 0 Å². The number of nitrogens with one attached hydrogen (secondary N) is 1. The molecular weight excluding hydrogens is 322 g/mol. The lowest BCUT2D eigenvalue weighted by atomic mass is 10.2. The van der Waals surface area contributed by atoms with Crippen molar-refractivity contribution < 1.29 is 9.15 Å². The molecule has 0 amide bonds. The molecule has 0 bridgehead atoms. The minimum absolute atomic E-state index is 0.291. The van der Waals surface area contributed by atoms with Crippen LogP contribution in [0.5, 0.6) is 5.75 Å². The van der Waals surface area contributed by atoms with E-state index in [2.05, 4.69) is 37.5 Å². The number of rotatable bonds is 6. The third kappa shape index (κ3) is 3.58. The van der Waals surface area contributed by atoms with Crippen LogP contribution in [0.2, 0.25) is 0 Å². The largest absolute Gasteiger partial charge is 0.483 e. The van der Waals surface area contributed by atoms with E-state index in [0.29, 0.717) is 24.4 Å². The van der Waals surface area contributed by atoms with E-state index in [1.54, 1.807) is 6.92 Å². The summed E-state index contributed by atoms with van der Waals surface area (Å²) >= 11 is 3.49. The minimum atomic E-state index is 0.291. The smallest absolute Gasteiger partial charge is 0.253 e. The maximum absolute atomic E-state index is 5.79. The lowest BCUT2D eigenvalue weighted by molar-refractivity contribution is 0.257. The molecule has 0 aliphatic heterocycles. The van der Waals surface area contributed by atoms with Gasteiger partial charge < -0.3 is 14.5 Å². The molecule has 0 unspecified atom stereocenters. The highest BCUT2D eigenvalue weighted by Gasteiger charge is 2.20. The molecule has 0 radical (unpaired) electrons. The second kappa shape index (κ2) is 5.93. The maximum Gasteiger partial charge on any atom is 0.253 e. The van der Waals surface area contributed by atoms with Crippen molar-refractivity contribution >= 4 is 15.9 Å². The van der Waals surface area contributed by atoms with E-state index >= 15 is 0 Å². The van der Waals surface area contributed by atoms with Crippen molar-refractivity contribution in [2.24, 2.45) is 0 Å². The monoisotopic (exact) mass is 337 g/mol. The molecule has 0 saturated heterocycles. The van der Waals surface area contributed by atoms with Gasteiger partial charge in [-0.05, 0) is 31.0 Å². The van der Waals surface area contributed by atoms with Crippen LogP contribution in [0.1, 0.15) is 30.2 Å². The molecule has 0 spiro atoms. The average molecular weight is 338 g/mol. The van der Waals surface area contributed by atoms with E-state index in [9.17, 15) is 0 Å². The Morgan fingerprint density at radius 1 is 1.40 bits per heavy atom. The lowest BCUT2D eigenvalue weighted by Crippen LogP contribution is -2.16. The van der Waals surface area contributed by atoms with Gasteiger partial charge in [-0.3, -0.25) is 0 Å². The molecule has 1 aromatic heterocycles. The van der Waals surface area contributed by atoms with Gasteiger partial charge in [0.1, 0.15) is 5.75 Å². The van der Waals surface area contributed by atoms with Crippen molar-refractivity contribution in [3.05, 3.63) is 40.0 Å². The van der Waals surface area contributed by atoms with E-state index in [0.717, 1.165) is 22.3 Å². The molecule has 1 heterocycles. The Morgan fingerprint density at radius 3 is 2.95 bits per heavy atom. The summed E-state index contributed by atoms with van der Waals surface area (Å²) in [5.74, 6) is 1.89. The summed E-state index contributed by atoms with van der Waals surface area (Å²) in [4.78, 5) is 0. The Balaban J connectivity index is 1.66. The third-order valence-corrected chi connectivity index (χ3v) is 3.59. The van der Waals surface area contributed by atoms with Gasteiger partial charge in [0.15, 0.2) is 6.61 Å². The fourth-order valence-electron chi connectivity index (χ4n) is 1.90.